The van der Waals surface area contributed by atoms with E-state index < -0.39 is 28.6 Å². The van der Waals surface area contributed by atoms with Gasteiger partial charge in [0.1, 0.15) is 0 Å². The van der Waals surface area contributed by atoms with Crippen molar-refractivity contribution in [1.29, 1.82) is 0 Å². The Morgan fingerprint density at radius 1 is 0.818 bits per heavy atom. The molecular formula is C31H29ClF3N7O2. The van der Waals surface area contributed by atoms with Gasteiger partial charge in [0.25, 0.3) is 11.8 Å². The van der Waals surface area contributed by atoms with Gasteiger partial charge >= 0.3 is 6.18 Å². The van der Waals surface area contributed by atoms with Crippen LogP contribution in [0.15, 0.2) is 73.1 Å². The molecule has 1 aromatic heterocycles. The van der Waals surface area contributed by atoms with Crippen LogP contribution in [0, 0.1) is 6.92 Å². The standard InChI is InChI=1S/C31H29ClF3N7O2/c1-19-3-5-22(38-28(43)20-4-10-27(32)26(15-20)31(33,34)35)16-25(19)29(44)39-23-17-36-30(37-18-23)40-21-6-8-24(9-7-21)42-13-11-41(2)12-14-42/h3-10,15-18H,11-14H2,1-2H3,(H,38,43)(H,39,44)(H,36,37,40). The first-order valence-corrected chi connectivity index (χ1v) is 14.1. The lowest BCUT2D eigenvalue weighted by Crippen LogP contribution is -2.44. The van der Waals surface area contributed by atoms with Crippen LogP contribution < -0.4 is 20.9 Å². The zero-order valence-electron chi connectivity index (χ0n) is 23.9. The van der Waals surface area contributed by atoms with Crippen LogP contribution in [-0.4, -0.2) is 59.9 Å². The number of nitrogens with zero attached hydrogens (tertiary/aromatic N) is 4. The van der Waals surface area contributed by atoms with Gasteiger partial charge in [0.2, 0.25) is 5.95 Å². The van der Waals surface area contributed by atoms with Crippen molar-refractivity contribution in [2.45, 2.75) is 13.1 Å². The summed E-state index contributed by atoms with van der Waals surface area (Å²) in [4.78, 5) is 38.9. The molecule has 0 atom stereocenters. The molecule has 0 saturated carbocycles. The van der Waals surface area contributed by atoms with Crippen molar-refractivity contribution in [2.75, 3.05) is 54.1 Å². The number of hydrogen-bond acceptors (Lipinski definition) is 7. The van der Waals surface area contributed by atoms with Crippen molar-refractivity contribution in [3.63, 3.8) is 0 Å². The van der Waals surface area contributed by atoms with Gasteiger partial charge in [-0.25, -0.2) is 9.97 Å². The van der Waals surface area contributed by atoms with E-state index in [0.29, 0.717) is 23.3 Å². The molecule has 4 aromatic rings. The molecule has 0 bridgehead atoms. The Labute approximate surface area is 257 Å². The van der Waals surface area contributed by atoms with Crippen LogP contribution in [0.3, 0.4) is 0 Å². The lowest BCUT2D eigenvalue weighted by molar-refractivity contribution is -0.137. The van der Waals surface area contributed by atoms with Crippen LogP contribution in [0.25, 0.3) is 0 Å². The van der Waals surface area contributed by atoms with Gasteiger partial charge in [-0.15, -0.1) is 0 Å². The lowest BCUT2D eigenvalue weighted by atomic mass is 10.1. The summed E-state index contributed by atoms with van der Waals surface area (Å²) in [6.07, 6.45) is -1.78. The van der Waals surface area contributed by atoms with E-state index in [0.717, 1.165) is 43.6 Å². The minimum atomic E-state index is -4.71. The fourth-order valence-electron chi connectivity index (χ4n) is 4.64. The van der Waals surface area contributed by atoms with Gasteiger partial charge < -0.3 is 25.8 Å². The molecule has 3 N–H and O–H groups in total. The quantitative estimate of drug-likeness (QED) is 0.217. The molecule has 1 aliphatic rings. The normalized spacial score (nSPS) is 13.8. The monoisotopic (exact) mass is 623 g/mol. The number of carbonyl (C=O) groups is 2. The van der Waals surface area contributed by atoms with E-state index in [9.17, 15) is 22.8 Å². The highest BCUT2D eigenvalue weighted by atomic mass is 35.5. The number of alkyl halides is 3. The predicted octanol–water partition coefficient (Wildman–Crippen LogP) is 6.46. The number of benzene rings is 3. The number of amides is 2. The number of carbonyl (C=O) groups excluding carboxylic acids is 2. The number of halogens is 4. The van der Waals surface area contributed by atoms with Crippen molar-refractivity contribution in [2.24, 2.45) is 0 Å². The van der Waals surface area contributed by atoms with Crippen LogP contribution >= 0.6 is 11.6 Å². The maximum absolute atomic E-state index is 13.2. The summed E-state index contributed by atoms with van der Waals surface area (Å²) in [5.41, 5.74) is 2.07. The average molecular weight is 624 g/mol. The molecule has 1 aliphatic heterocycles. The minimum Gasteiger partial charge on any atom is -0.369 e. The molecule has 0 unspecified atom stereocenters. The summed E-state index contributed by atoms with van der Waals surface area (Å²) in [5, 5.41) is 7.89. The fraction of sp³-hybridized carbons (Fsp3) is 0.226. The Balaban J connectivity index is 1.20. The highest BCUT2D eigenvalue weighted by Gasteiger charge is 2.34. The molecule has 228 valence electrons. The molecule has 1 saturated heterocycles. The number of nitrogens with one attached hydrogen (secondary N) is 3. The van der Waals surface area contributed by atoms with Gasteiger partial charge in [0.05, 0.1) is 28.7 Å². The Hall–Kier alpha value is -4.68. The van der Waals surface area contributed by atoms with Crippen molar-refractivity contribution in [1.82, 2.24) is 14.9 Å². The molecule has 1 fully saturated rings. The van der Waals surface area contributed by atoms with Crippen LogP contribution in [0.5, 0.6) is 0 Å². The molecular weight excluding hydrogens is 595 g/mol. The minimum absolute atomic E-state index is 0.226. The van der Waals surface area contributed by atoms with Gasteiger partial charge in [0, 0.05) is 54.4 Å². The fourth-order valence-corrected chi connectivity index (χ4v) is 4.86. The Morgan fingerprint density at radius 2 is 1.45 bits per heavy atom. The van der Waals surface area contributed by atoms with Crippen LogP contribution in [-0.2, 0) is 6.18 Å². The molecule has 5 rings (SSSR count). The number of rotatable bonds is 7. The van der Waals surface area contributed by atoms with Crippen LogP contribution in [0.4, 0.5) is 41.9 Å². The topological polar surface area (TPSA) is 102 Å². The van der Waals surface area contributed by atoms with Gasteiger partial charge in [0.15, 0.2) is 0 Å². The molecule has 44 heavy (non-hydrogen) atoms. The summed E-state index contributed by atoms with van der Waals surface area (Å²) in [5.74, 6) is -0.909. The molecule has 2 amide bonds. The van der Waals surface area contributed by atoms with Gasteiger partial charge in [-0.05, 0) is 74.1 Å². The Kier molecular flexibility index (Phi) is 9.02. The molecule has 2 heterocycles. The Morgan fingerprint density at radius 3 is 2.11 bits per heavy atom. The summed E-state index contributed by atoms with van der Waals surface area (Å²) >= 11 is 5.65. The summed E-state index contributed by atoms with van der Waals surface area (Å²) in [6.45, 7) is 5.73. The predicted molar refractivity (Wildman–Crippen MR) is 165 cm³/mol. The first-order valence-electron chi connectivity index (χ1n) is 13.7. The second-order valence-corrected chi connectivity index (χ2v) is 10.8. The van der Waals surface area contributed by atoms with E-state index in [-0.39, 0.29) is 16.8 Å². The molecule has 0 radical (unpaired) electrons. The number of aryl methyl sites for hydroxylation is 1. The zero-order valence-corrected chi connectivity index (χ0v) is 24.6. The highest BCUT2D eigenvalue weighted by Crippen LogP contribution is 2.35. The number of piperazine rings is 1. The summed E-state index contributed by atoms with van der Waals surface area (Å²) < 4.78 is 39.6. The average Bonchev–Trinajstić information content (AvgIpc) is 2.99. The van der Waals surface area contributed by atoms with Crippen molar-refractivity contribution in [3.8, 4) is 0 Å². The van der Waals surface area contributed by atoms with Crippen molar-refractivity contribution in [3.05, 3.63) is 100 Å². The third kappa shape index (κ3) is 7.44. The largest absolute Gasteiger partial charge is 0.417 e. The smallest absolute Gasteiger partial charge is 0.369 e. The van der Waals surface area contributed by atoms with Gasteiger partial charge in [-0.1, -0.05) is 17.7 Å². The van der Waals surface area contributed by atoms with Gasteiger partial charge in [-0.2, -0.15) is 13.2 Å². The van der Waals surface area contributed by atoms with Crippen LogP contribution in [0.2, 0.25) is 5.02 Å². The molecule has 0 aliphatic carbocycles. The maximum Gasteiger partial charge on any atom is 0.417 e. The molecule has 0 spiro atoms. The zero-order chi connectivity index (χ0) is 31.4. The number of hydrogen-bond donors (Lipinski definition) is 3. The maximum atomic E-state index is 13.2. The van der Waals surface area contributed by atoms with E-state index >= 15 is 0 Å². The van der Waals surface area contributed by atoms with E-state index in [1.807, 2.05) is 12.1 Å². The second-order valence-electron chi connectivity index (χ2n) is 10.4. The SMILES string of the molecule is Cc1ccc(NC(=O)c2ccc(Cl)c(C(F)(F)F)c2)cc1C(=O)Nc1cnc(Nc2ccc(N3CCN(C)CC3)cc2)nc1. The van der Waals surface area contributed by atoms with Crippen molar-refractivity contribution < 1.29 is 22.8 Å². The number of likely N-dealkylation sites (N-methyl/N-ethyl adjacent to an activating group) is 1. The van der Waals surface area contributed by atoms with Gasteiger partial charge in [-0.3, -0.25) is 9.59 Å². The third-order valence-corrected chi connectivity index (χ3v) is 7.51. The third-order valence-electron chi connectivity index (χ3n) is 7.18. The summed E-state index contributed by atoms with van der Waals surface area (Å²) in [6, 6.07) is 15.5. The van der Waals surface area contributed by atoms with E-state index in [4.69, 9.17) is 11.6 Å². The van der Waals surface area contributed by atoms with Crippen LogP contribution in [0.1, 0.15) is 31.8 Å². The first kappa shape index (κ1) is 30.8. The van der Waals surface area contributed by atoms with E-state index in [2.05, 4.69) is 54.9 Å². The number of aromatic nitrogens is 2. The summed E-state index contributed by atoms with van der Waals surface area (Å²) in [7, 11) is 2.12. The highest BCUT2D eigenvalue weighted by molar-refractivity contribution is 6.31. The van der Waals surface area contributed by atoms with E-state index in [1.54, 1.807) is 19.1 Å². The molecule has 3 aromatic carbocycles. The lowest BCUT2D eigenvalue weighted by Gasteiger charge is -2.34. The number of anilines is 5. The molecule has 13 heteroatoms. The Bertz CT molecular complexity index is 1660. The first-order chi connectivity index (χ1) is 21.0. The molecule has 9 nitrogen and oxygen atoms in total. The van der Waals surface area contributed by atoms with E-state index in [1.165, 1.54) is 24.5 Å². The van der Waals surface area contributed by atoms with Crippen molar-refractivity contribution >= 4 is 52.1 Å². The second kappa shape index (κ2) is 12.9.